The lowest BCUT2D eigenvalue weighted by molar-refractivity contribution is -0.137. The SMILES string of the molecule is CC1CCn2c(-c3ccc(C(F)(F)F)cc3)nc(Cl)c2C1. The number of rotatable bonds is 1. The number of aromatic nitrogens is 2. The van der Waals surface area contributed by atoms with E-state index in [4.69, 9.17) is 11.6 Å². The number of benzene rings is 1. The van der Waals surface area contributed by atoms with Crippen molar-refractivity contribution in [1.29, 1.82) is 0 Å². The third-order valence-electron chi connectivity index (χ3n) is 3.88. The van der Waals surface area contributed by atoms with Crippen LogP contribution in [0.2, 0.25) is 5.15 Å². The van der Waals surface area contributed by atoms with Gasteiger partial charge in [0.1, 0.15) is 5.82 Å². The predicted molar refractivity (Wildman–Crippen MR) is 75.2 cm³/mol. The number of imidazole rings is 1. The summed E-state index contributed by atoms with van der Waals surface area (Å²) in [4.78, 5) is 4.34. The summed E-state index contributed by atoms with van der Waals surface area (Å²) < 4.78 is 39.8. The quantitative estimate of drug-likeness (QED) is 0.739. The lowest BCUT2D eigenvalue weighted by atomic mass is 9.98. The average Bonchev–Trinajstić information content (AvgIpc) is 2.75. The highest BCUT2D eigenvalue weighted by Gasteiger charge is 2.30. The molecular formula is C15H14ClF3N2. The van der Waals surface area contributed by atoms with Crippen molar-refractivity contribution in [1.82, 2.24) is 9.55 Å². The Morgan fingerprint density at radius 3 is 2.52 bits per heavy atom. The van der Waals surface area contributed by atoms with Crippen LogP contribution in [-0.2, 0) is 19.1 Å². The fourth-order valence-corrected chi connectivity index (χ4v) is 2.96. The molecule has 112 valence electrons. The van der Waals surface area contributed by atoms with Gasteiger partial charge in [-0.3, -0.25) is 0 Å². The van der Waals surface area contributed by atoms with Crippen molar-refractivity contribution in [3.8, 4) is 11.4 Å². The molecule has 2 nitrogen and oxygen atoms in total. The van der Waals surface area contributed by atoms with Crippen molar-refractivity contribution in [3.63, 3.8) is 0 Å². The molecule has 21 heavy (non-hydrogen) atoms. The van der Waals surface area contributed by atoms with Gasteiger partial charge in [-0.25, -0.2) is 4.98 Å². The van der Waals surface area contributed by atoms with Gasteiger partial charge in [-0.1, -0.05) is 30.7 Å². The highest BCUT2D eigenvalue weighted by molar-refractivity contribution is 6.30. The van der Waals surface area contributed by atoms with Crippen LogP contribution in [0.3, 0.4) is 0 Å². The molecular weight excluding hydrogens is 301 g/mol. The van der Waals surface area contributed by atoms with E-state index in [0.29, 0.717) is 22.5 Å². The standard InChI is InChI=1S/C15H14ClF3N2/c1-9-6-7-21-12(8-9)13(16)20-14(21)10-2-4-11(5-3-10)15(17,18)19/h2-5,9H,6-8H2,1H3. The van der Waals surface area contributed by atoms with Crippen molar-refractivity contribution in [2.75, 3.05) is 0 Å². The molecule has 1 aliphatic heterocycles. The normalized spacial score (nSPS) is 18.6. The Kier molecular flexibility index (Phi) is 3.48. The third-order valence-corrected chi connectivity index (χ3v) is 4.18. The van der Waals surface area contributed by atoms with Crippen molar-refractivity contribution in [2.45, 2.75) is 32.5 Å². The van der Waals surface area contributed by atoms with E-state index in [-0.39, 0.29) is 0 Å². The van der Waals surface area contributed by atoms with E-state index in [1.54, 1.807) is 0 Å². The van der Waals surface area contributed by atoms with Gasteiger partial charge in [-0.2, -0.15) is 13.2 Å². The molecule has 2 heterocycles. The molecule has 0 aliphatic carbocycles. The molecule has 1 unspecified atom stereocenters. The third kappa shape index (κ3) is 2.67. The molecule has 1 atom stereocenters. The van der Waals surface area contributed by atoms with Crippen LogP contribution in [0, 0.1) is 5.92 Å². The zero-order valence-corrected chi connectivity index (χ0v) is 12.2. The zero-order chi connectivity index (χ0) is 15.2. The Labute approximate surface area is 125 Å². The molecule has 0 saturated carbocycles. The van der Waals surface area contributed by atoms with Crippen molar-refractivity contribution in [3.05, 3.63) is 40.7 Å². The minimum absolute atomic E-state index is 0.455. The molecule has 1 aromatic carbocycles. The van der Waals surface area contributed by atoms with Crippen LogP contribution >= 0.6 is 11.6 Å². The molecule has 2 aromatic rings. The van der Waals surface area contributed by atoms with Crippen molar-refractivity contribution < 1.29 is 13.2 Å². The van der Waals surface area contributed by atoms with Crippen LogP contribution in [0.1, 0.15) is 24.6 Å². The molecule has 0 bridgehead atoms. The van der Waals surface area contributed by atoms with E-state index in [1.807, 2.05) is 4.57 Å². The predicted octanol–water partition coefficient (Wildman–Crippen LogP) is 4.80. The van der Waals surface area contributed by atoms with E-state index in [1.165, 1.54) is 12.1 Å². The van der Waals surface area contributed by atoms with Gasteiger partial charge in [-0.05, 0) is 30.9 Å². The molecule has 1 aliphatic rings. The molecule has 1 aromatic heterocycles. The first-order valence-corrected chi connectivity index (χ1v) is 7.16. The van der Waals surface area contributed by atoms with Crippen LogP contribution in [0.15, 0.2) is 24.3 Å². The smallest absolute Gasteiger partial charge is 0.327 e. The summed E-state index contributed by atoms with van der Waals surface area (Å²) in [5.41, 5.74) is 0.979. The van der Waals surface area contributed by atoms with Gasteiger partial charge >= 0.3 is 6.18 Å². The molecule has 0 amide bonds. The molecule has 0 N–H and O–H groups in total. The van der Waals surface area contributed by atoms with Gasteiger partial charge in [0.25, 0.3) is 0 Å². The largest absolute Gasteiger partial charge is 0.416 e. The van der Waals surface area contributed by atoms with Crippen LogP contribution < -0.4 is 0 Å². The van der Waals surface area contributed by atoms with Crippen LogP contribution in [0.4, 0.5) is 13.2 Å². The molecule has 0 fully saturated rings. The van der Waals surface area contributed by atoms with Gasteiger partial charge in [-0.15, -0.1) is 0 Å². The van der Waals surface area contributed by atoms with E-state index in [2.05, 4.69) is 11.9 Å². The maximum Gasteiger partial charge on any atom is 0.416 e. The number of nitrogens with zero attached hydrogens (tertiary/aromatic N) is 2. The zero-order valence-electron chi connectivity index (χ0n) is 11.4. The first kappa shape index (κ1) is 14.4. The first-order valence-electron chi connectivity index (χ1n) is 6.79. The summed E-state index contributed by atoms with van der Waals surface area (Å²) in [5, 5.41) is 0.455. The summed E-state index contributed by atoms with van der Waals surface area (Å²) >= 11 is 6.17. The van der Waals surface area contributed by atoms with Gasteiger partial charge in [0, 0.05) is 12.1 Å². The lowest BCUT2D eigenvalue weighted by Gasteiger charge is -2.22. The van der Waals surface area contributed by atoms with Crippen LogP contribution in [-0.4, -0.2) is 9.55 Å². The number of fused-ring (bicyclic) bond motifs is 1. The van der Waals surface area contributed by atoms with Gasteiger partial charge in [0.2, 0.25) is 0 Å². The number of hydrogen-bond acceptors (Lipinski definition) is 1. The molecule has 3 rings (SSSR count). The molecule has 0 radical (unpaired) electrons. The maximum atomic E-state index is 12.6. The minimum Gasteiger partial charge on any atom is -0.327 e. The van der Waals surface area contributed by atoms with Crippen LogP contribution in [0.25, 0.3) is 11.4 Å². The van der Waals surface area contributed by atoms with Gasteiger partial charge in [0.05, 0.1) is 11.3 Å². The molecule has 0 spiro atoms. The maximum absolute atomic E-state index is 12.6. The first-order chi connectivity index (χ1) is 9.86. The minimum atomic E-state index is -4.32. The second-order valence-electron chi connectivity index (χ2n) is 5.50. The second kappa shape index (κ2) is 5.05. The molecule has 6 heteroatoms. The summed E-state index contributed by atoms with van der Waals surface area (Å²) in [6, 6.07) is 5.06. The van der Waals surface area contributed by atoms with Crippen molar-refractivity contribution >= 4 is 11.6 Å². The average molecular weight is 315 g/mol. The number of halogens is 4. The van der Waals surface area contributed by atoms with E-state index < -0.39 is 11.7 Å². The lowest BCUT2D eigenvalue weighted by Crippen LogP contribution is -2.17. The highest BCUT2D eigenvalue weighted by atomic mass is 35.5. The summed E-state index contributed by atoms with van der Waals surface area (Å²) in [7, 11) is 0. The Bertz CT molecular complexity index is 659. The Balaban J connectivity index is 2.00. The topological polar surface area (TPSA) is 17.8 Å². The Morgan fingerprint density at radius 1 is 1.24 bits per heavy atom. The number of hydrogen-bond donors (Lipinski definition) is 0. The van der Waals surface area contributed by atoms with Crippen LogP contribution in [0.5, 0.6) is 0 Å². The second-order valence-corrected chi connectivity index (χ2v) is 5.86. The van der Waals surface area contributed by atoms with Gasteiger partial charge in [0.15, 0.2) is 5.15 Å². The summed E-state index contributed by atoms with van der Waals surface area (Å²) in [6.07, 6.45) is -2.45. The summed E-state index contributed by atoms with van der Waals surface area (Å²) in [6.45, 7) is 2.96. The fraction of sp³-hybridized carbons (Fsp3) is 0.400. The molecule has 0 saturated heterocycles. The van der Waals surface area contributed by atoms with Gasteiger partial charge < -0.3 is 4.57 Å². The van der Waals surface area contributed by atoms with Crippen molar-refractivity contribution in [2.24, 2.45) is 5.92 Å². The highest BCUT2D eigenvalue weighted by Crippen LogP contribution is 2.34. The monoisotopic (exact) mass is 314 g/mol. The Hall–Kier alpha value is -1.49. The Morgan fingerprint density at radius 2 is 1.90 bits per heavy atom. The fourth-order valence-electron chi connectivity index (χ4n) is 2.70. The van der Waals surface area contributed by atoms with E-state index >= 15 is 0 Å². The number of alkyl halides is 3. The summed E-state index contributed by atoms with van der Waals surface area (Å²) in [5.74, 6) is 1.20. The van der Waals surface area contributed by atoms with E-state index in [9.17, 15) is 13.2 Å². The van der Waals surface area contributed by atoms with E-state index in [0.717, 1.165) is 37.2 Å².